The van der Waals surface area contributed by atoms with E-state index in [9.17, 15) is 0 Å². The van der Waals surface area contributed by atoms with Crippen LogP contribution in [-0.4, -0.2) is 12.6 Å². The maximum atomic E-state index is 6.09. The molecule has 1 nitrogen and oxygen atoms in total. The molecule has 0 heterocycles. The Kier molecular flexibility index (Phi) is 6.67. The van der Waals surface area contributed by atoms with Crippen LogP contribution in [0.3, 0.4) is 0 Å². The Balaban J connectivity index is 1.91. The fourth-order valence-electron chi connectivity index (χ4n) is 3.21. The number of halogens is 2. The Morgan fingerprint density at radius 3 is 2.60 bits per heavy atom. The monoisotopic (exact) mass is 313 g/mol. The normalized spacial score (nSPS) is 17.6. The molecule has 1 saturated carbocycles. The van der Waals surface area contributed by atoms with Gasteiger partial charge in [-0.1, -0.05) is 49.0 Å². The summed E-state index contributed by atoms with van der Waals surface area (Å²) >= 11 is 12.1. The molecule has 0 aromatic heterocycles. The second-order valence-electron chi connectivity index (χ2n) is 5.89. The largest absolute Gasteiger partial charge is 0.314 e. The van der Waals surface area contributed by atoms with Crippen molar-refractivity contribution in [3.63, 3.8) is 0 Å². The first-order valence-electron chi connectivity index (χ1n) is 7.88. The number of nitrogens with one attached hydrogen (secondary N) is 1. The lowest BCUT2D eigenvalue weighted by molar-refractivity contribution is 0.341. The highest BCUT2D eigenvalue weighted by atomic mass is 35.5. The molecule has 1 atom stereocenters. The summed E-state index contributed by atoms with van der Waals surface area (Å²) in [6.45, 7) is 3.36. The Morgan fingerprint density at radius 2 is 1.95 bits per heavy atom. The molecule has 1 aromatic carbocycles. The summed E-state index contributed by atoms with van der Waals surface area (Å²) in [4.78, 5) is 0. The van der Waals surface area contributed by atoms with Crippen molar-refractivity contribution in [1.82, 2.24) is 5.32 Å². The highest BCUT2D eigenvalue weighted by Crippen LogP contribution is 2.30. The van der Waals surface area contributed by atoms with E-state index in [2.05, 4.69) is 18.3 Å². The van der Waals surface area contributed by atoms with Crippen LogP contribution < -0.4 is 5.32 Å². The van der Waals surface area contributed by atoms with Gasteiger partial charge in [0.05, 0.1) is 10.0 Å². The quantitative estimate of drug-likeness (QED) is 0.702. The molecule has 1 aromatic rings. The van der Waals surface area contributed by atoms with Crippen molar-refractivity contribution < 1.29 is 0 Å². The highest BCUT2D eigenvalue weighted by molar-refractivity contribution is 6.42. The minimum Gasteiger partial charge on any atom is -0.314 e. The summed E-state index contributed by atoms with van der Waals surface area (Å²) in [5, 5.41) is 5.06. The molecule has 1 N–H and O–H groups in total. The summed E-state index contributed by atoms with van der Waals surface area (Å²) in [5.74, 6) is 0.865. The number of hydrogen-bond acceptors (Lipinski definition) is 1. The maximum absolute atomic E-state index is 6.09. The molecule has 1 unspecified atom stereocenters. The van der Waals surface area contributed by atoms with Gasteiger partial charge in [0, 0.05) is 6.04 Å². The zero-order valence-electron chi connectivity index (χ0n) is 12.3. The molecule has 1 aliphatic carbocycles. The minimum absolute atomic E-state index is 0.645. The van der Waals surface area contributed by atoms with Crippen molar-refractivity contribution in [2.75, 3.05) is 6.54 Å². The third-order valence-corrected chi connectivity index (χ3v) is 5.09. The Bertz CT molecular complexity index is 413. The third-order valence-electron chi connectivity index (χ3n) is 4.35. The van der Waals surface area contributed by atoms with Crippen molar-refractivity contribution >= 4 is 23.2 Å². The van der Waals surface area contributed by atoms with E-state index in [1.165, 1.54) is 44.1 Å². The Morgan fingerprint density at radius 1 is 1.20 bits per heavy atom. The number of benzene rings is 1. The second kappa shape index (κ2) is 8.26. The van der Waals surface area contributed by atoms with Gasteiger partial charge in [0.15, 0.2) is 0 Å². The van der Waals surface area contributed by atoms with Crippen LogP contribution in [0.2, 0.25) is 10.0 Å². The molecular formula is C17H25Cl2N. The topological polar surface area (TPSA) is 12.0 Å². The van der Waals surface area contributed by atoms with Gasteiger partial charge in [-0.2, -0.15) is 0 Å². The van der Waals surface area contributed by atoms with E-state index in [0.29, 0.717) is 16.1 Å². The van der Waals surface area contributed by atoms with Crippen molar-refractivity contribution in [3.05, 3.63) is 33.8 Å². The van der Waals surface area contributed by atoms with Gasteiger partial charge in [0.1, 0.15) is 0 Å². The molecular weight excluding hydrogens is 289 g/mol. The standard InChI is InChI=1S/C17H25Cl2N/c1-2-11-20-17(14-5-3-4-6-14)10-8-13-7-9-15(18)16(19)12-13/h7,9,12,14,17,20H,2-6,8,10-11H2,1H3. The molecule has 1 fully saturated rings. The van der Waals surface area contributed by atoms with E-state index >= 15 is 0 Å². The molecule has 0 spiro atoms. The molecule has 3 heteroatoms. The van der Waals surface area contributed by atoms with Crippen LogP contribution in [0.15, 0.2) is 18.2 Å². The predicted molar refractivity (Wildman–Crippen MR) is 88.8 cm³/mol. The first-order chi connectivity index (χ1) is 9.70. The molecule has 20 heavy (non-hydrogen) atoms. The van der Waals surface area contributed by atoms with Crippen LogP contribution in [0, 0.1) is 5.92 Å². The fourth-order valence-corrected chi connectivity index (χ4v) is 3.53. The summed E-state index contributed by atoms with van der Waals surface area (Å²) in [6, 6.07) is 6.67. The van der Waals surface area contributed by atoms with Gasteiger partial charge in [-0.25, -0.2) is 0 Å². The van der Waals surface area contributed by atoms with E-state index < -0.39 is 0 Å². The van der Waals surface area contributed by atoms with Gasteiger partial charge < -0.3 is 5.32 Å². The van der Waals surface area contributed by atoms with Crippen LogP contribution in [0.4, 0.5) is 0 Å². The predicted octanol–water partition coefficient (Wildman–Crippen LogP) is 5.48. The highest BCUT2D eigenvalue weighted by Gasteiger charge is 2.24. The van der Waals surface area contributed by atoms with Gasteiger partial charge in [0.2, 0.25) is 0 Å². The lowest BCUT2D eigenvalue weighted by Crippen LogP contribution is -2.36. The van der Waals surface area contributed by atoms with Gasteiger partial charge in [-0.3, -0.25) is 0 Å². The SMILES string of the molecule is CCCNC(CCc1ccc(Cl)c(Cl)c1)C1CCCC1. The third kappa shape index (κ3) is 4.65. The molecule has 2 rings (SSSR count). The molecule has 1 aliphatic rings. The summed E-state index contributed by atoms with van der Waals surface area (Å²) in [6.07, 6.45) is 9.07. The van der Waals surface area contributed by atoms with Crippen LogP contribution >= 0.6 is 23.2 Å². The van der Waals surface area contributed by atoms with E-state index in [4.69, 9.17) is 23.2 Å². The average molecular weight is 314 g/mol. The second-order valence-corrected chi connectivity index (χ2v) is 6.71. The zero-order valence-corrected chi connectivity index (χ0v) is 13.8. The zero-order chi connectivity index (χ0) is 14.4. The van der Waals surface area contributed by atoms with E-state index in [1.54, 1.807) is 0 Å². The Hall–Kier alpha value is -0.240. The van der Waals surface area contributed by atoms with E-state index in [1.807, 2.05) is 12.1 Å². The number of aryl methyl sites for hydroxylation is 1. The molecule has 0 aliphatic heterocycles. The molecule has 0 radical (unpaired) electrons. The summed E-state index contributed by atoms with van der Waals surface area (Å²) in [5.41, 5.74) is 1.29. The number of rotatable bonds is 7. The fraction of sp³-hybridized carbons (Fsp3) is 0.647. The van der Waals surface area contributed by atoms with Gasteiger partial charge in [-0.15, -0.1) is 0 Å². The number of hydrogen-bond donors (Lipinski definition) is 1. The Labute approximate surface area is 133 Å². The molecule has 112 valence electrons. The van der Waals surface area contributed by atoms with Crippen LogP contribution in [0.25, 0.3) is 0 Å². The summed E-state index contributed by atoms with van der Waals surface area (Å²) in [7, 11) is 0. The van der Waals surface area contributed by atoms with Crippen molar-refractivity contribution in [3.8, 4) is 0 Å². The first-order valence-corrected chi connectivity index (χ1v) is 8.63. The van der Waals surface area contributed by atoms with Gasteiger partial charge in [0.25, 0.3) is 0 Å². The maximum Gasteiger partial charge on any atom is 0.0595 e. The molecule has 0 bridgehead atoms. The minimum atomic E-state index is 0.645. The smallest absolute Gasteiger partial charge is 0.0595 e. The molecule has 0 amide bonds. The van der Waals surface area contributed by atoms with E-state index in [0.717, 1.165) is 18.9 Å². The molecule has 0 saturated heterocycles. The van der Waals surface area contributed by atoms with Crippen LogP contribution in [0.1, 0.15) is 51.0 Å². The van der Waals surface area contributed by atoms with E-state index in [-0.39, 0.29) is 0 Å². The average Bonchev–Trinajstić information content (AvgIpc) is 2.97. The summed E-state index contributed by atoms with van der Waals surface area (Å²) < 4.78 is 0. The van der Waals surface area contributed by atoms with Gasteiger partial charge >= 0.3 is 0 Å². The van der Waals surface area contributed by atoms with Crippen molar-refractivity contribution in [2.45, 2.75) is 57.9 Å². The first kappa shape index (κ1) is 16.1. The lowest BCUT2D eigenvalue weighted by Gasteiger charge is -2.25. The van der Waals surface area contributed by atoms with Crippen molar-refractivity contribution in [2.24, 2.45) is 5.92 Å². The lowest BCUT2D eigenvalue weighted by atomic mass is 9.92. The van der Waals surface area contributed by atoms with Crippen LogP contribution in [-0.2, 0) is 6.42 Å². The van der Waals surface area contributed by atoms with Gasteiger partial charge in [-0.05, 0) is 62.3 Å². The van der Waals surface area contributed by atoms with Crippen molar-refractivity contribution in [1.29, 1.82) is 0 Å². The van der Waals surface area contributed by atoms with Crippen LogP contribution in [0.5, 0.6) is 0 Å².